The lowest BCUT2D eigenvalue weighted by molar-refractivity contribution is 0.252. The van der Waals surface area contributed by atoms with Crippen LogP contribution in [0.4, 0.5) is 0 Å². The number of ether oxygens (including phenoxy) is 1. The van der Waals surface area contributed by atoms with E-state index >= 15 is 0 Å². The van der Waals surface area contributed by atoms with Gasteiger partial charge in [-0.25, -0.2) is 0 Å². The molecule has 0 radical (unpaired) electrons. The zero-order valence-corrected chi connectivity index (χ0v) is 11.3. The van der Waals surface area contributed by atoms with Crippen molar-refractivity contribution in [3.8, 4) is 5.75 Å². The molecular formula is C16H23NO. The quantitative estimate of drug-likeness (QED) is 0.881. The fraction of sp³-hybridized carbons (Fsp3) is 0.625. The standard InChI is InChI=1S/C16H23NO/c1-2-8-17-15-7-9-18-16-11-13-6-4-3-5-12(13)10-14(15)16/h10-11,15,17H,2-9H2,1H3. The maximum atomic E-state index is 5.86. The summed E-state index contributed by atoms with van der Waals surface area (Å²) in [7, 11) is 0. The molecule has 0 saturated carbocycles. The van der Waals surface area contributed by atoms with Gasteiger partial charge in [-0.15, -0.1) is 0 Å². The number of nitrogens with one attached hydrogen (secondary N) is 1. The van der Waals surface area contributed by atoms with Crippen LogP contribution in [0.2, 0.25) is 0 Å². The summed E-state index contributed by atoms with van der Waals surface area (Å²) in [5, 5.41) is 3.65. The third kappa shape index (κ3) is 2.26. The second-order valence-corrected chi connectivity index (χ2v) is 5.51. The second kappa shape index (κ2) is 5.31. The summed E-state index contributed by atoms with van der Waals surface area (Å²) >= 11 is 0. The van der Waals surface area contributed by atoms with Gasteiger partial charge in [0.15, 0.2) is 0 Å². The molecule has 0 amide bonds. The van der Waals surface area contributed by atoms with E-state index in [2.05, 4.69) is 24.4 Å². The average Bonchev–Trinajstić information content (AvgIpc) is 2.43. The molecule has 1 aromatic carbocycles. The van der Waals surface area contributed by atoms with Crippen molar-refractivity contribution >= 4 is 0 Å². The fourth-order valence-electron chi connectivity index (χ4n) is 3.15. The third-order valence-electron chi connectivity index (χ3n) is 4.15. The van der Waals surface area contributed by atoms with Crippen molar-refractivity contribution in [2.45, 2.75) is 51.5 Å². The zero-order chi connectivity index (χ0) is 12.4. The van der Waals surface area contributed by atoms with Crippen LogP contribution < -0.4 is 10.1 Å². The summed E-state index contributed by atoms with van der Waals surface area (Å²) in [6, 6.07) is 5.22. The van der Waals surface area contributed by atoms with Crippen molar-refractivity contribution in [3.05, 3.63) is 28.8 Å². The van der Waals surface area contributed by atoms with Crippen LogP contribution in [0.25, 0.3) is 0 Å². The lowest BCUT2D eigenvalue weighted by Crippen LogP contribution is -2.28. The smallest absolute Gasteiger partial charge is 0.124 e. The van der Waals surface area contributed by atoms with Crippen LogP contribution in [0.3, 0.4) is 0 Å². The van der Waals surface area contributed by atoms with E-state index in [0.29, 0.717) is 6.04 Å². The molecule has 3 rings (SSSR count). The van der Waals surface area contributed by atoms with Crippen LogP contribution in [-0.2, 0) is 12.8 Å². The molecule has 1 N–H and O–H groups in total. The number of benzene rings is 1. The molecule has 2 aliphatic rings. The normalized spacial score (nSPS) is 21.9. The molecule has 1 heterocycles. The third-order valence-corrected chi connectivity index (χ3v) is 4.15. The fourth-order valence-corrected chi connectivity index (χ4v) is 3.15. The van der Waals surface area contributed by atoms with E-state index in [0.717, 1.165) is 25.3 Å². The molecule has 1 aromatic rings. The van der Waals surface area contributed by atoms with Crippen LogP contribution >= 0.6 is 0 Å². The molecule has 1 aliphatic heterocycles. The summed E-state index contributed by atoms with van der Waals surface area (Å²) in [5.74, 6) is 1.13. The predicted molar refractivity (Wildman–Crippen MR) is 74.2 cm³/mol. The molecule has 1 atom stereocenters. The van der Waals surface area contributed by atoms with E-state index in [1.807, 2.05) is 0 Å². The van der Waals surface area contributed by atoms with Gasteiger partial charge in [0, 0.05) is 18.0 Å². The molecular weight excluding hydrogens is 222 g/mol. The minimum absolute atomic E-state index is 0.501. The van der Waals surface area contributed by atoms with E-state index < -0.39 is 0 Å². The minimum Gasteiger partial charge on any atom is -0.493 e. The van der Waals surface area contributed by atoms with Crippen LogP contribution in [0.1, 0.15) is 55.3 Å². The Morgan fingerprint density at radius 1 is 1.22 bits per heavy atom. The Hall–Kier alpha value is -1.02. The van der Waals surface area contributed by atoms with Gasteiger partial charge in [-0.2, -0.15) is 0 Å². The topological polar surface area (TPSA) is 21.3 Å². The van der Waals surface area contributed by atoms with Gasteiger partial charge in [-0.05, 0) is 55.8 Å². The Morgan fingerprint density at radius 2 is 2.00 bits per heavy atom. The Balaban J connectivity index is 1.90. The van der Waals surface area contributed by atoms with Crippen molar-refractivity contribution in [1.29, 1.82) is 0 Å². The molecule has 0 aromatic heterocycles. The van der Waals surface area contributed by atoms with Gasteiger partial charge >= 0.3 is 0 Å². The predicted octanol–water partition coefficient (Wildman–Crippen LogP) is 3.39. The number of fused-ring (bicyclic) bond motifs is 2. The van der Waals surface area contributed by atoms with E-state index in [-0.39, 0.29) is 0 Å². The van der Waals surface area contributed by atoms with Crippen LogP contribution in [-0.4, -0.2) is 13.2 Å². The van der Waals surface area contributed by atoms with E-state index in [9.17, 15) is 0 Å². The minimum atomic E-state index is 0.501. The van der Waals surface area contributed by atoms with E-state index in [1.165, 1.54) is 43.2 Å². The Bertz CT molecular complexity index is 427. The number of aryl methyl sites for hydroxylation is 2. The van der Waals surface area contributed by atoms with Gasteiger partial charge in [-0.1, -0.05) is 13.0 Å². The molecule has 1 unspecified atom stereocenters. The highest BCUT2D eigenvalue weighted by molar-refractivity contribution is 5.46. The Labute approximate surface area is 110 Å². The number of hydrogen-bond donors (Lipinski definition) is 1. The van der Waals surface area contributed by atoms with Crippen molar-refractivity contribution in [2.24, 2.45) is 0 Å². The van der Waals surface area contributed by atoms with Gasteiger partial charge in [0.05, 0.1) is 6.61 Å². The lowest BCUT2D eigenvalue weighted by Gasteiger charge is -2.29. The molecule has 0 spiro atoms. The first-order valence-corrected chi connectivity index (χ1v) is 7.40. The zero-order valence-electron chi connectivity index (χ0n) is 11.3. The Morgan fingerprint density at radius 3 is 2.78 bits per heavy atom. The molecule has 98 valence electrons. The first kappa shape index (κ1) is 12.0. The molecule has 0 saturated heterocycles. The number of hydrogen-bond acceptors (Lipinski definition) is 2. The molecule has 2 heteroatoms. The summed E-state index contributed by atoms with van der Waals surface area (Å²) in [5.41, 5.74) is 4.49. The summed E-state index contributed by atoms with van der Waals surface area (Å²) < 4.78 is 5.86. The first-order chi connectivity index (χ1) is 8.88. The van der Waals surface area contributed by atoms with Crippen molar-refractivity contribution in [2.75, 3.05) is 13.2 Å². The maximum Gasteiger partial charge on any atom is 0.124 e. The summed E-state index contributed by atoms with van der Waals surface area (Å²) in [6.07, 6.45) is 7.47. The highest BCUT2D eigenvalue weighted by Crippen LogP contribution is 2.36. The molecule has 2 nitrogen and oxygen atoms in total. The van der Waals surface area contributed by atoms with Gasteiger partial charge in [0.2, 0.25) is 0 Å². The average molecular weight is 245 g/mol. The van der Waals surface area contributed by atoms with Crippen LogP contribution in [0, 0.1) is 0 Å². The van der Waals surface area contributed by atoms with Crippen LogP contribution in [0.15, 0.2) is 12.1 Å². The molecule has 0 fully saturated rings. The van der Waals surface area contributed by atoms with Crippen molar-refractivity contribution < 1.29 is 4.74 Å². The first-order valence-electron chi connectivity index (χ1n) is 7.40. The summed E-state index contributed by atoms with van der Waals surface area (Å²) in [6.45, 7) is 4.18. The molecule has 1 aliphatic carbocycles. The van der Waals surface area contributed by atoms with Gasteiger partial charge < -0.3 is 10.1 Å². The van der Waals surface area contributed by atoms with E-state index in [1.54, 1.807) is 5.56 Å². The SMILES string of the molecule is CCCNC1CCOc2cc3c(cc21)CCCC3. The van der Waals surface area contributed by atoms with Crippen LogP contribution in [0.5, 0.6) is 5.75 Å². The molecule has 0 bridgehead atoms. The highest BCUT2D eigenvalue weighted by atomic mass is 16.5. The highest BCUT2D eigenvalue weighted by Gasteiger charge is 2.23. The van der Waals surface area contributed by atoms with E-state index in [4.69, 9.17) is 4.74 Å². The van der Waals surface area contributed by atoms with Gasteiger partial charge in [0.1, 0.15) is 5.75 Å². The lowest BCUT2D eigenvalue weighted by atomic mass is 9.87. The maximum absolute atomic E-state index is 5.86. The van der Waals surface area contributed by atoms with Gasteiger partial charge in [0.25, 0.3) is 0 Å². The summed E-state index contributed by atoms with van der Waals surface area (Å²) in [4.78, 5) is 0. The second-order valence-electron chi connectivity index (χ2n) is 5.51. The largest absolute Gasteiger partial charge is 0.493 e. The molecule has 18 heavy (non-hydrogen) atoms. The van der Waals surface area contributed by atoms with Gasteiger partial charge in [-0.3, -0.25) is 0 Å². The Kier molecular flexibility index (Phi) is 3.55. The van der Waals surface area contributed by atoms with Crippen molar-refractivity contribution in [3.63, 3.8) is 0 Å². The monoisotopic (exact) mass is 245 g/mol. The number of rotatable bonds is 3. The van der Waals surface area contributed by atoms with Crippen molar-refractivity contribution in [1.82, 2.24) is 5.32 Å².